The first-order valence-electron chi connectivity index (χ1n) is 11.1. The van der Waals surface area contributed by atoms with Gasteiger partial charge in [-0.05, 0) is 37.3 Å². The summed E-state index contributed by atoms with van der Waals surface area (Å²) in [6.45, 7) is 1.72. The van der Waals surface area contributed by atoms with Crippen LogP contribution in [0.3, 0.4) is 0 Å². The highest BCUT2D eigenvalue weighted by atomic mass is 32.1. The Hall–Kier alpha value is -4.30. The van der Waals surface area contributed by atoms with E-state index in [0.717, 1.165) is 5.56 Å². The van der Waals surface area contributed by atoms with Gasteiger partial charge in [0.1, 0.15) is 16.6 Å². The fourth-order valence-corrected chi connectivity index (χ4v) is 5.35. The first-order valence-corrected chi connectivity index (χ1v) is 11.9. The molecule has 6 nitrogen and oxygen atoms in total. The quantitative estimate of drug-likeness (QED) is 0.326. The summed E-state index contributed by atoms with van der Waals surface area (Å²) < 4.78 is 19.2. The molecule has 3 aromatic carbocycles. The van der Waals surface area contributed by atoms with Crippen LogP contribution in [0.15, 0.2) is 90.2 Å². The lowest BCUT2D eigenvalue weighted by molar-refractivity contribution is -0.117. The average Bonchev–Trinajstić information content (AvgIpc) is 3.42. The van der Waals surface area contributed by atoms with Crippen LogP contribution < -0.4 is 9.64 Å². The van der Waals surface area contributed by atoms with E-state index < -0.39 is 29.3 Å². The zero-order chi connectivity index (χ0) is 25.4. The second-order valence-corrected chi connectivity index (χ2v) is 9.19. The van der Waals surface area contributed by atoms with Crippen molar-refractivity contribution in [2.45, 2.75) is 13.0 Å². The number of carbonyl (C=O) groups is 2. The van der Waals surface area contributed by atoms with Crippen LogP contribution in [-0.4, -0.2) is 28.9 Å². The third kappa shape index (κ3) is 3.95. The molecule has 0 saturated carbocycles. The predicted octanol–water partition coefficient (Wildman–Crippen LogP) is 6.05. The number of benzene rings is 3. The smallest absolute Gasteiger partial charge is 0.294 e. The normalized spacial score (nSPS) is 15.5. The lowest BCUT2D eigenvalue weighted by Crippen LogP contribution is -2.31. The molecular formula is C28H21FN2O4S. The second-order valence-electron chi connectivity index (χ2n) is 8.19. The van der Waals surface area contributed by atoms with E-state index in [2.05, 4.69) is 4.98 Å². The highest BCUT2D eigenvalue weighted by molar-refractivity contribution is 7.17. The Morgan fingerprint density at radius 2 is 1.69 bits per heavy atom. The van der Waals surface area contributed by atoms with Crippen molar-refractivity contribution < 1.29 is 23.8 Å². The van der Waals surface area contributed by atoms with Crippen LogP contribution >= 0.6 is 11.3 Å². The number of aliphatic hydroxyl groups excluding tert-OH is 1. The molecule has 1 aliphatic heterocycles. The van der Waals surface area contributed by atoms with Gasteiger partial charge in [0, 0.05) is 16.8 Å². The molecule has 0 spiro atoms. The first-order chi connectivity index (χ1) is 17.4. The highest BCUT2D eigenvalue weighted by Crippen LogP contribution is 2.45. The van der Waals surface area contributed by atoms with E-state index in [-0.39, 0.29) is 5.57 Å². The molecular weight excluding hydrogens is 479 g/mol. The second kappa shape index (κ2) is 9.39. The maximum Gasteiger partial charge on any atom is 0.294 e. The van der Waals surface area contributed by atoms with Gasteiger partial charge in [-0.15, -0.1) is 11.3 Å². The number of aromatic nitrogens is 1. The van der Waals surface area contributed by atoms with Crippen LogP contribution in [0.1, 0.15) is 27.0 Å². The molecule has 1 aliphatic rings. The number of methoxy groups -OCH3 is 1. The topological polar surface area (TPSA) is 79.7 Å². The number of aliphatic hydroxyl groups is 1. The molecule has 1 aromatic heterocycles. The third-order valence-electron chi connectivity index (χ3n) is 6.01. The number of hydrogen-bond donors (Lipinski definition) is 1. The van der Waals surface area contributed by atoms with Gasteiger partial charge >= 0.3 is 0 Å². The molecule has 2 heterocycles. The molecule has 1 atom stereocenters. The molecule has 5 rings (SSSR count). The van der Waals surface area contributed by atoms with Crippen LogP contribution in [0.2, 0.25) is 0 Å². The van der Waals surface area contributed by atoms with E-state index in [0.29, 0.717) is 32.6 Å². The zero-order valence-electron chi connectivity index (χ0n) is 19.4. The standard InChI is InChI=1S/C28H21FN2O4S/c1-16-26(36-27(30-16)17-8-4-3-5-9-17)24(32)22-23(20-10-6-7-11-21(20)35-2)31(28(34)25(22)33)19-14-12-18(29)13-15-19/h3-15,23,33H,1-2H3. The molecule has 1 amide bonds. The van der Waals surface area contributed by atoms with Gasteiger partial charge in [0.2, 0.25) is 5.78 Å². The zero-order valence-corrected chi connectivity index (χ0v) is 20.3. The fraction of sp³-hybridized carbons (Fsp3) is 0.107. The minimum Gasteiger partial charge on any atom is -0.503 e. The number of nitrogens with zero attached hydrogens (tertiary/aromatic N) is 2. The van der Waals surface area contributed by atoms with E-state index >= 15 is 0 Å². The SMILES string of the molecule is COc1ccccc1C1C(C(=O)c2sc(-c3ccccc3)nc2C)=C(O)C(=O)N1c1ccc(F)cc1. The number of ketones is 1. The lowest BCUT2D eigenvalue weighted by atomic mass is 9.94. The summed E-state index contributed by atoms with van der Waals surface area (Å²) in [6.07, 6.45) is 0. The number of thiazole rings is 1. The van der Waals surface area contributed by atoms with Gasteiger partial charge in [0.05, 0.1) is 29.3 Å². The van der Waals surface area contributed by atoms with Crippen molar-refractivity contribution in [2.75, 3.05) is 12.0 Å². The number of aryl methyl sites for hydroxylation is 1. The minimum absolute atomic E-state index is 0.0832. The molecule has 180 valence electrons. The maximum atomic E-state index is 14.0. The number of rotatable bonds is 6. The number of hydrogen-bond acceptors (Lipinski definition) is 6. The van der Waals surface area contributed by atoms with E-state index in [1.54, 1.807) is 31.2 Å². The Morgan fingerprint density at radius 3 is 2.39 bits per heavy atom. The van der Waals surface area contributed by atoms with Gasteiger partial charge in [-0.3, -0.25) is 14.5 Å². The molecule has 8 heteroatoms. The number of Topliss-reactive ketones (excluding diaryl/α,β-unsaturated/α-hetero) is 1. The largest absolute Gasteiger partial charge is 0.503 e. The molecule has 0 radical (unpaired) electrons. The van der Waals surface area contributed by atoms with Gasteiger partial charge in [-0.2, -0.15) is 0 Å². The Labute approximate surface area is 210 Å². The van der Waals surface area contributed by atoms with Crippen molar-refractivity contribution in [3.8, 4) is 16.3 Å². The van der Waals surface area contributed by atoms with E-state index in [1.165, 1.54) is 47.6 Å². The number of amides is 1. The van der Waals surface area contributed by atoms with Gasteiger partial charge in [0.15, 0.2) is 5.76 Å². The van der Waals surface area contributed by atoms with Crippen LogP contribution in [0.25, 0.3) is 10.6 Å². The molecule has 0 bridgehead atoms. The van der Waals surface area contributed by atoms with Gasteiger partial charge < -0.3 is 9.84 Å². The Morgan fingerprint density at radius 1 is 1.03 bits per heavy atom. The average molecular weight is 501 g/mol. The molecule has 36 heavy (non-hydrogen) atoms. The number of halogens is 1. The molecule has 4 aromatic rings. The molecule has 0 fully saturated rings. The minimum atomic E-state index is -0.992. The van der Waals surface area contributed by atoms with Crippen molar-refractivity contribution in [2.24, 2.45) is 0 Å². The van der Waals surface area contributed by atoms with Crippen molar-refractivity contribution >= 4 is 28.7 Å². The summed E-state index contributed by atoms with van der Waals surface area (Å²) in [7, 11) is 1.49. The Balaban J connectivity index is 1.66. The fourth-order valence-electron chi connectivity index (χ4n) is 4.33. The maximum absolute atomic E-state index is 14.0. The van der Waals surface area contributed by atoms with Gasteiger partial charge in [-0.25, -0.2) is 9.37 Å². The summed E-state index contributed by atoms with van der Waals surface area (Å²) in [5, 5.41) is 11.7. The Kier molecular flexibility index (Phi) is 6.12. The molecule has 0 aliphatic carbocycles. The third-order valence-corrected chi connectivity index (χ3v) is 7.22. The van der Waals surface area contributed by atoms with Crippen LogP contribution in [0, 0.1) is 12.7 Å². The molecule has 1 unspecified atom stereocenters. The number of ether oxygens (including phenoxy) is 1. The summed E-state index contributed by atoms with van der Waals surface area (Å²) in [5.74, 6) is -1.95. The van der Waals surface area contributed by atoms with E-state index in [4.69, 9.17) is 4.74 Å². The number of carbonyl (C=O) groups excluding carboxylic acids is 2. The van der Waals surface area contributed by atoms with E-state index in [1.807, 2.05) is 30.3 Å². The lowest BCUT2D eigenvalue weighted by Gasteiger charge is -2.28. The van der Waals surface area contributed by atoms with Crippen LogP contribution in [0.5, 0.6) is 5.75 Å². The summed E-state index contributed by atoms with van der Waals surface area (Å²) in [4.78, 5) is 33.5. The van der Waals surface area contributed by atoms with Crippen LogP contribution in [0.4, 0.5) is 10.1 Å². The van der Waals surface area contributed by atoms with E-state index in [9.17, 15) is 19.1 Å². The van der Waals surface area contributed by atoms with Crippen molar-refractivity contribution in [1.82, 2.24) is 4.98 Å². The van der Waals surface area contributed by atoms with Gasteiger partial charge in [-0.1, -0.05) is 48.5 Å². The summed E-state index contributed by atoms with van der Waals surface area (Å²) in [5.41, 5.74) is 2.11. The number of para-hydroxylation sites is 1. The van der Waals surface area contributed by atoms with Crippen molar-refractivity contribution in [3.63, 3.8) is 0 Å². The number of anilines is 1. The Bertz CT molecular complexity index is 1500. The highest BCUT2D eigenvalue weighted by Gasteiger charge is 2.46. The molecule has 1 N–H and O–H groups in total. The first kappa shape index (κ1) is 23.4. The predicted molar refractivity (Wildman–Crippen MR) is 136 cm³/mol. The summed E-state index contributed by atoms with van der Waals surface area (Å²) in [6, 6.07) is 20.7. The monoisotopic (exact) mass is 500 g/mol. The van der Waals surface area contributed by atoms with Crippen molar-refractivity contribution in [1.29, 1.82) is 0 Å². The van der Waals surface area contributed by atoms with Crippen molar-refractivity contribution in [3.05, 3.63) is 112 Å². The van der Waals surface area contributed by atoms with Gasteiger partial charge in [0.25, 0.3) is 5.91 Å². The summed E-state index contributed by atoms with van der Waals surface area (Å²) >= 11 is 1.20. The van der Waals surface area contributed by atoms with Crippen LogP contribution in [-0.2, 0) is 4.79 Å². The molecule has 0 saturated heterocycles.